The largest absolute Gasteiger partial charge is 0.475 e. The first-order valence-corrected chi connectivity index (χ1v) is 6.54. The molecule has 0 aromatic heterocycles. The smallest absolute Gasteiger partial charge is 0.168 e. The molecule has 1 fully saturated rings. The third-order valence-corrected chi connectivity index (χ3v) is 3.55. The summed E-state index contributed by atoms with van der Waals surface area (Å²) >= 11 is 5.85. The van der Waals surface area contributed by atoms with Gasteiger partial charge in [-0.2, -0.15) is 0 Å². The quantitative estimate of drug-likeness (QED) is 0.555. The van der Waals surface area contributed by atoms with Crippen molar-refractivity contribution in [3.63, 3.8) is 0 Å². The second-order valence-corrected chi connectivity index (χ2v) is 5.05. The summed E-state index contributed by atoms with van der Waals surface area (Å²) in [5, 5.41) is 0.716. The summed E-state index contributed by atoms with van der Waals surface area (Å²) in [6.07, 6.45) is 12.4. The topological polar surface area (TPSA) is 9.23 Å². The minimum atomic E-state index is -0.412. The molecule has 0 atom stereocenters. The lowest BCUT2D eigenvalue weighted by Crippen LogP contribution is -2.33. The van der Waals surface area contributed by atoms with Crippen molar-refractivity contribution in [1.82, 2.24) is 0 Å². The van der Waals surface area contributed by atoms with Gasteiger partial charge in [0.1, 0.15) is 5.75 Å². The van der Waals surface area contributed by atoms with E-state index in [2.05, 4.69) is 5.92 Å². The Balaban J connectivity index is 2.13. The Bertz CT molecular complexity index is 394. The first kappa shape index (κ1) is 12.3. The van der Waals surface area contributed by atoms with Gasteiger partial charge >= 0.3 is 0 Å². The number of hydrogen-bond acceptors (Lipinski definition) is 1. The molecule has 17 heavy (non-hydrogen) atoms. The highest BCUT2D eigenvalue weighted by Gasteiger charge is 2.30. The minimum absolute atomic E-state index is 0.412. The molecular weight excluding hydrogens is 232 g/mol. The SMILES string of the molecule is C#CC1(Oc2ccc(Cl)cc2)CCCCCC1. The highest BCUT2D eigenvalue weighted by Crippen LogP contribution is 2.31. The van der Waals surface area contributed by atoms with Crippen LogP contribution in [-0.2, 0) is 0 Å². The van der Waals surface area contributed by atoms with E-state index in [0.717, 1.165) is 31.4 Å². The summed E-state index contributed by atoms with van der Waals surface area (Å²) in [5.74, 6) is 3.68. The summed E-state index contributed by atoms with van der Waals surface area (Å²) in [6, 6.07) is 7.42. The number of rotatable bonds is 2. The maximum atomic E-state index is 6.03. The van der Waals surface area contributed by atoms with Crippen molar-refractivity contribution in [3.8, 4) is 18.1 Å². The molecule has 0 saturated heterocycles. The van der Waals surface area contributed by atoms with Crippen molar-refractivity contribution in [1.29, 1.82) is 0 Å². The van der Waals surface area contributed by atoms with Crippen LogP contribution in [0.3, 0.4) is 0 Å². The fraction of sp³-hybridized carbons (Fsp3) is 0.467. The molecule has 0 aliphatic heterocycles. The van der Waals surface area contributed by atoms with Crippen LogP contribution in [0.5, 0.6) is 5.75 Å². The first-order chi connectivity index (χ1) is 8.24. The Morgan fingerprint density at radius 3 is 2.18 bits per heavy atom. The molecule has 1 nitrogen and oxygen atoms in total. The number of ether oxygens (including phenoxy) is 1. The Kier molecular flexibility index (Phi) is 3.97. The van der Waals surface area contributed by atoms with Gasteiger partial charge in [-0.05, 0) is 49.9 Å². The summed E-state index contributed by atoms with van der Waals surface area (Å²) in [5.41, 5.74) is -0.412. The Morgan fingerprint density at radius 1 is 1.06 bits per heavy atom. The number of terminal acetylenes is 1. The maximum Gasteiger partial charge on any atom is 0.168 e. The van der Waals surface area contributed by atoms with E-state index in [4.69, 9.17) is 22.8 Å². The van der Waals surface area contributed by atoms with Crippen molar-refractivity contribution in [2.75, 3.05) is 0 Å². The van der Waals surface area contributed by atoms with Gasteiger partial charge < -0.3 is 4.74 Å². The molecule has 0 amide bonds. The van der Waals surface area contributed by atoms with Gasteiger partial charge in [0.05, 0.1) is 0 Å². The van der Waals surface area contributed by atoms with Crippen LogP contribution >= 0.6 is 11.6 Å². The fourth-order valence-corrected chi connectivity index (χ4v) is 2.43. The Hall–Kier alpha value is -1.13. The molecule has 1 saturated carbocycles. The van der Waals surface area contributed by atoms with Crippen molar-refractivity contribution in [3.05, 3.63) is 29.3 Å². The standard InChI is InChI=1S/C15H17ClO/c1-2-15(11-5-3-4-6-12-15)17-14-9-7-13(16)8-10-14/h1,7-10H,3-6,11-12H2. The fourth-order valence-electron chi connectivity index (χ4n) is 2.30. The van der Waals surface area contributed by atoms with Gasteiger partial charge in [0.2, 0.25) is 0 Å². The number of hydrogen-bond donors (Lipinski definition) is 0. The average Bonchev–Trinajstić information content (AvgIpc) is 2.58. The van der Waals surface area contributed by atoms with Gasteiger partial charge in [-0.15, -0.1) is 6.42 Å². The monoisotopic (exact) mass is 248 g/mol. The summed E-state index contributed by atoms with van der Waals surface area (Å²) < 4.78 is 6.03. The van der Waals surface area contributed by atoms with Gasteiger partial charge in [-0.25, -0.2) is 0 Å². The van der Waals surface area contributed by atoms with Crippen LogP contribution in [0.1, 0.15) is 38.5 Å². The van der Waals surface area contributed by atoms with Crippen LogP contribution in [0.25, 0.3) is 0 Å². The van der Waals surface area contributed by atoms with Crippen LogP contribution in [0.15, 0.2) is 24.3 Å². The van der Waals surface area contributed by atoms with Gasteiger partial charge in [0.15, 0.2) is 5.60 Å². The van der Waals surface area contributed by atoms with Crippen LogP contribution in [0.4, 0.5) is 0 Å². The lowest BCUT2D eigenvalue weighted by molar-refractivity contribution is 0.113. The summed E-state index contributed by atoms with van der Waals surface area (Å²) in [7, 11) is 0. The zero-order chi connectivity index (χ0) is 12.1. The van der Waals surface area contributed by atoms with E-state index < -0.39 is 5.60 Å². The van der Waals surface area contributed by atoms with Crippen molar-refractivity contribution in [2.45, 2.75) is 44.1 Å². The van der Waals surface area contributed by atoms with E-state index in [1.807, 2.05) is 24.3 Å². The van der Waals surface area contributed by atoms with Crippen molar-refractivity contribution < 1.29 is 4.74 Å². The van der Waals surface area contributed by atoms with E-state index in [1.165, 1.54) is 12.8 Å². The molecule has 2 heteroatoms. The molecule has 0 unspecified atom stereocenters. The number of halogens is 1. The van der Waals surface area contributed by atoms with Crippen LogP contribution in [0, 0.1) is 12.3 Å². The normalized spacial score (nSPS) is 19.1. The molecule has 1 aliphatic rings. The molecule has 1 aliphatic carbocycles. The number of benzene rings is 1. The molecule has 0 bridgehead atoms. The highest BCUT2D eigenvalue weighted by molar-refractivity contribution is 6.30. The average molecular weight is 249 g/mol. The molecular formula is C15H17ClO. The van der Waals surface area contributed by atoms with Gasteiger partial charge in [-0.3, -0.25) is 0 Å². The lowest BCUT2D eigenvalue weighted by atomic mass is 9.95. The second-order valence-electron chi connectivity index (χ2n) is 4.61. The van der Waals surface area contributed by atoms with Crippen LogP contribution < -0.4 is 4.74 Å². The van der Waals surface area contributed by atoms with Gasteiger partial charge in [0.25, 0.3) is 0 Å². The Labute approximate surface area is 108 Å². The van der Waals surface area contributed by atoms with E-state index >= 15 is 0 Å². The predicted molar refractivity (Wildman–Crippen MR) is 71.3 cm³/mol. The third-order valence-electron chi connectivity index (χ3n) is 3.30. The second kappa shape index (κ2) is 5.47. The predicted octanol–water partition coefficient (Wildman–Crippen LogP) is 4.45. The maximum absolute atomic E-state index is 6.03. The molecule has 2 rings (SSSR count). The third kappa shape index (κ3) is 3.17. The van der Waals surface area contributed by atoms with E-state index in [1.54, 1.807) is 0 Å². The van der Waals surface area contributed by atoms with Crippen molar-refractivity contribution >= 4 is 11.6 Å². The van der Waals surface area contributed by atoms with Crippen LogP contribution in [-0.4, -0.2) is 5.60 Å². The lowest BCUT2D eigenvalue weighted by Gasteiger charge is -2.28. The van der Waals surface area contributed by atoms with E-state index in [-0.39, 0.29) is 0 Å². The molecule has 0 heterocycles. The molecule has 0 radical (unpaired) electrons. The zero-order valence-electron chi connectivity index (χ0n) is 9.92. The zero-order valence-corrected chi connectivity index (χ0v) is 10.7. The van der Waals surface area contributed by atoms with Gasteiger partial charge in [0, 0.05) is 5.02 Å². The first-order valence-electron chi connectivity index (χ1n) is 6.16. The molecule has 90 valence electrons. The summed E-state index contributed by atoms with van der Waals surface area (Å²) in [6.45, 7) is 0. The van der Waals surface area contributed by atoms with E-state index in [9.17, 15) is 0 Å². The van der Waals surface area contributed by atoms with Gasteiger partial charge in [-0.1, -0.05) is 30.4 Å². The molecule has 1 aromatic rings. The minimum Gasteiger partial charge on any atom is -0.475 e. The van der Waals surface area contributed by atoms with Crippen LogP contribution in [0.2, 0.25) is 5.02 Å². The highest BCUT2D eigenvalue weighted by atomic mass is 35.5. The molecule has 0 N–H and O–H groups in total. The van der Waals surface area contributed by atoms with Crippen molar-refractivity contribution in [2.24, 2.45) is 0 Å². The summed E-state index contributed by atoms with van der Waals surface area (Å²) in [4.78, 5) is 0. The Morgan fingerprint density at radius 2 is 1.65 bits per heavy atom. The molecule has 1 aromatic carbocycles. The molecule has 0 spiro atoms. The van der Waals surface area contributed by atoms with E-state index in [0.29, 0.717) is 5.02 Å².